The summed E-state index contributed by atoms with van der Waals surface area (Å²) < 4.78 is 0. The van der Waals surface area contributed by atoms with E-state index < -0.39 is 0 Å². The Hall–Kier alpha value is 0.250. The maximum atomic E-state index is 9.91. The number of halogens is 1. The molecule has 4 aliphatic carbocycles. The van der Waals surface area contributed by atoms with E-state index in [0.29, 0.717) is 11.8 Å². The van der Waals surface area contributed by atoms with Gasteiger partial charge in [0.15, 0.2) is 0 Å². The maximum absolute atomic E-state index is 9.91. The van der Waals surface area contributed by atoms with Crippen LogP contribution in [0.4, 0.5) is 0 Å². The van der Waals surface area contributed by atoms with Crippen LogP contribution in [0.3, 0.4) is 0 Å². The van der Waals surface area contributed by atoms with E-state index in [2.05, 4.69) is 0 Å². The quantitative estimate of drug-likeness (QED) is 0.574. The Kier molecular flexibility index (Phi) is 1.52. The van der Waals surface area contributed by atoms with Gasteiger partial charge in [0.1, 0.15) is 0 Å². The summed E-state index contributed by atoms with van der Waals surface area (Å²) in [4.78, 5) is 0. The van der Waals surface area contributed by atoms with Crippen LogP contribution in [0.15, 0.2) is 0 Å². The fraction of sp³-hybridized carbons (Fsp3) is 1.00. The number of aliphatic hydroxyl groups is 1. The van der Waals surface area contributed by atoms with Crippen molar-refractivity contribution >= 4 is 11.6 Å². The van der Waals surface area contributed by atoms with Gasteiger partial charge < -0.3 is 5.11 Å². The maximum Gasteiger partial charge on any atom is 0.0611 e. The van der Waals surface area contributed by atoms with Crippen molar-refractivity contribution in [2.24, 2.45) is 23.7 Å². The molecule has 2 heteroatoms. The van der Waals surface area contributed by atoms with Crippen LogP contribution in [0, 0.1) is 23.7 Å². The van der Waals surface area contributed by atoms with Gasteiger partial charge in [-0.1, -0.05) is 0 Å². The molecule has 4 bridgehead atoms. The first-order chi connectivity index (χ1) is 5.75. The second kappa shape index (κ2) is 2.39. The zero-order valence-corrected chi connectivity index (χ0v) is 7.87. The Bertz CT molecular complexity index is 188. The summed E-state index contributed by atoms with van der Waals surface area (Å²) >= 11 is 6.31. The number of hydrogen-bond donors (Lipinski definition) is 1. The van der Waals surface area contributed by atoms with Gasteiger partial charge in [0.25, 0.3) is 0 Å². The van der Waals surface area contributed by atoms with Crippen molar-refractivity contribution in [2.75, 3.05) is 0 Å². The molecule has 0 amide bonds. The van der Waals surface area contributed by atoms with Gasteiger partial charge in [-0.3, -0.25) is 0 Å². The van der Waals surface area contributed by atoms with Gasteiger partial charge in [0.2, 0.25) is 0 Å². The molecular weight excluding hydrogens is 172 g/mol. The summed E-state index contributed by atoms with van der Waals surface area (Å²) in [6, 6.07) is 0. The lowest BCUT2D eigenvalue weighted by atomic mass is 9.55. The van der Waals surface area contributed by atoms with Crippen LogP contribution in [0.25, 0.3) is 0 Å². The molecule has 4 saturated carbocycles. The molecule has 4 unspecified atom stereocenters. The molecule has 68 valence electrons. The molecule has 0 saturated heterocycles. The third-order valence-electron chi connectivity index (χ3n) is 4.26. The molecule has 0 aromatic carbocycles. The molecule has 6 atom stereocenters. The summed E-state index contributed by atoms with van der Waals surface area (Å²) in [5.41, 5.74) is 0. The molecule has 12 heavy (non-hydrogen) atoms. The molecule has 4 rings (SSSR count). The first-order valence-electron chi connectivity index (χ1n) is 5.08. The van der Waals surface area contributed by atoms with Gasteiger partial charge in [0, 0.05) is 11.3 Å². The second-order valence-corrected chi connectivity index (χ2v) is 5.43. The highest BCUT2D eigenvalue weighted by Crippen LogP contribution is 2.55. The smallest absolute Gasteiger partial charge is 0.0611 e. The second-order valence-electron chi connectivity index (χ2n) is 4.93. The molecule has 0 heterocycles. The number of rotatable bonds is 0. The number of alkyl halides is 1. The van der Waals surface area contributed by atoms with Crippen molar-refractivity contribution in [3.63, 3.8) is 0 Å². The SMILES string of the molecule is O[C@H]1C2CC3CC(C2)[C@H](Cl)C1C3. The third-order valence-corrected chi connectivity index (χ3v) is 4.94. The van der Waals surface area contributed by atoms with Crippen LogP contribution < -0.4 is 0 Å². The molecule has 1 nitrogen and oxygen atoms in total. The lowest BCUT2D eigenvalue weighted by Crippen LogP contribution is -2.54. The Labute approximate surface area is 78.1 Å². The summed E-state index contributed by atoms with van der Waals surface area (Å²) in [6.45, 7) is 0. The van der Waals surface area contributed by atoms with E-state index in [-0.39, 0.29) is 11.5 Å². The molecular formula is C10H15ClO. The lowest BCUT2D eigenvalue weighted by Gasteiger charge is -2.55. The van der Waals surface area contributed by atoms with Crippen LogP contribution in [-0.4, -0.2) is 16.6 Å². The monoisotopic (exact) mass is 186 g/mol. The number of hydrogen-bond acceptors (Lipinski definition) is 1. The standard InChI is InChI=1S/C10H15ClO/c11-9-6-1-5-2-7(4-6)10(12)8(9)3-5/h5-10,12H,1-4H2/t5?,6?,7?,8?,9-,10-/m0/s1. The minimum absolute atomic E-state index is 0.0692. The van der Waals surface area contributed by atoms with Crippen molar-refractivity contribution < 1.29 is 5.11 Å². The minimum atomic E-state index is -0.0692. The van der Waals surface area contributed by atoms with E-state index in [0.717, 1.165) is 11.8 Å². The van der Waals surface area contributed by atoms with Gasteiger partial charge >= 0.3 is 0 Å². The summed E-state index contributed by atoms with van der Waals surface area (Å²) in [6.07, 6.45) is 4.94. The topological polar surface area (TPSA) is 20.2 Å². The molecule has 0 aromatic heterocycles. The molecule has 0 aromatic rings. The third kappa shape index (κ3) is 0.843. The zero-order valence-electron chi connectivity index (χ0n) is 7.12. The van der Waals surface area contributed by atoms with Crippen LogP contribution in [0.5, 0.6) is 0 Å². The van der Waals surface area contributed by atoms with Crippen LogP contribution in [0.1, 0.15) is 25.7 Å². The Morgan fingerprint density at radius 1 is 1.00 bits per heavy atom. The average Bonchev–Trinajstić information content (AvgIpc) is 2.07. The lowest BCUT2D eigenvalue weighted by molar-refractivity contribution is -0.0886. The first kappa shape index (κ1) is 7.64. The molecule has 4 fully saturated rings. The summed E-state index contributed by atoms with van der Waals surface area (Å²) in [5, 5.41) is 10.2. The van der Waals surface area contributed by atoms with Crippen molar-refractivity contribution in [3.8, 4) is 0 Å². The van der Waals surface area contributed by atoms with Crippen LogP contribution >= 0.6 is 11.6 Å². The first-order valence-corrected chi connectivity index (χ1v) is 5.51. The van der Waals surface area contributed by atoms with Crippen LogP contribution in [0.2, 0.25) is 0 Å². The van der Waals surface area contributed by atoms with Crippen LogP contribution in [-0.2, 0) is 0 Å². The molecule has 1 N–H and O–H groups in total. The Morgan fingerprint density at radius 2 is 1.75 bits per heavy atom. The van der Waals surface area contributed by atoms with Gasteiger partial charge in [-0.25, -0.2) is 0 Å². The summed E-state index contributed by atoms with van der Waals surface area (Å²) in [7, 11) is 0. The van der Waals surface area contributed by atoms with Crippen molar-refractivity contribution in [1.29, 1.82) is 0 Å². The Balaban J connectivity index is 1.93. The van der Waals surface area contributed by atoms with E-state index in [1.165, 1.54) is 25.7 Å². The highest BCUT2D eigenvalue weighted by atomic mass is 35.5. The van der Waals surface area contributed by atoms with E-state index in [9.17, 15) is 5.11 Å². The van der Waals surface area contributed by atoms with E-state index in [1.54, 1.807) is 0 Å². The van der Waals surface area contributed by atoms with Gasteiger partial charge in [-0.15, -0.1) is 11.6 Å². The normalized spacial score (nSPS) is 62.5. The average molecular weight is 187 g/mol. The van der Waals surface area contributed by atoms with Crippen molar-refractivity contribution in [2.45, 2.75) is 37.2 Å². The zero-order chi connectivity index (χ0) is 8.29. The van der Waals surface area contributed by atoms with Gasteiger partial charge in [-0.2, -0.15) is 0 Å². The largest absolute Gasteiger partial charge is 0.392 e. The fourth-order valence-corrected chi connectivity index (χ4v) is 4.26. The molecule has 4 aliphatic rings. The highest BCUT2D eigenvalue weighted by Gasteiger charge is 2.52. The molecule has 0 spiro atoms. The van der Waals surface area contributed by atoms with E-state index >= 15 is 0 Å². The highest BCUT2D eigenvalue weighted by molar-refractivity contribution is 6.21. The fourth-order valence-electron chi connectivity index (χ4n) is 3.81. The number of aliphatic hydroxyl groups excluding tert-OH is 1. The van der Waals surface area contributed by atoms with E-state index in [4.69, 9.17) is 11.6 Å². The summed E-state index contributed by atoms with van der Waals surface area (Å²) in [5.74, 6) is 2.67. The van der Waals surface area contributed by atoms with E-state index in [1.807, 2.05) is 0 Å². The molecule has 0 aliphatic heterocycles. The van der Waals surface area contributed by atoms with Crippen molar-refractivity contribution in [3.05, 3.63) is 0 Å². The van der Waals surface area contributed by atoms with Gasteiger partial charge in [-0.05, 0) is 43.4 Å². The predicted octanol–water partition coefficient (Wildman–Crippen LogP) is 2.02. The van der Waals surface area contributed by atoms with Crippen molar-refractivity contribution in [1.82, 2.24) is 0 Å². The minimum Gasteiger partial charge on any atom is -0.392 e. The Morgan fingerprint density at radius 3 is 2.58 bits per heavy atom. The van der Waals surface area contributed by atoms with Gasteiger partial charge in [0.05, 0.1) is 6.10 Å². The molecule has 0 radical (unpaired) electrons. The predicted molar refractivity (Wildman–Crippen MR) is 48.1 cm³/mol.